The van der Waals surface area contributed by atoms with Gasteiger partial charge in [0.2, 0.25) is 5.91 Å². The first-order valence-electron chi connectivity index (χ1n) is 6.81. The molecule has 0 radical (unpaired) electrons. The van der Waals surface area contributed by atoms with Gasteiger partial charge in [-0.15, -0.1) is 0 Å². The van der Waals surface area contributed by atoms with Crippen LogP contribution >= 0.6 is 0 Å². The standard InChI is InChI=1S/C13H22N2O2/c1-3-10-14-13(6-7-13)11(16)15(10)9-12(2)5-4-8-17-12/h10,14H,3-9H2,1-2H3. The van der Waals surface area contributed by atoms with Gasteiger partial charge < -0.3 is 9.64 Å². The van der Waals surface area contributed by atoms with Crippen LogP contribution in [0, 0.1) is 0 Å². The molecule has 0 aromatic carbocycles. The minimum Gasteiger partial charge on any atom is -0.373 e. The van der Waals surface area contributed by atoms with Gasteiger partial charge in [-0.05, 0) is 39.0 Å². The summed E-state index contributed by atoms with van der Waals surface area (Å²) < 4.78 is 5.81. The Hall–Kier alpha value is -0.610. The third kappa shape index (κ3) is 1.78. The molecule has 1 spiro atoms. The zero-order valence-corrected chi connectivity index (χ0v) is 10.8. The lowest BCUT2D eigenvalue weighted by atomic mass is 10.0. The number of hydrogen-bond donors (Lipinski definition) is 1. The third-order valence-corrected chi connectivity index (χ3v) is 4.43. The van der Waals surface area contributed by atoms with E-state index in [2.05, 4.69) is 19.2 Å². The zero-order chi connectivity index (χ0) is 12.1. The molecule has 96 valence electrons. The number of carbonyl (C=O) groups excluding carboxylic acids is 1. The monoisotopic (exact) mass is 238 g/mol. The molecule has 1 amide bonds. The smallest absolute Gasteiger partial charge is 0.244 e. The first-order chi connectivity index (χ1) is 8.09. The van der Waals surface area contributed by atoms with Crippen molar-refractivity contribution in [2.24, 2.45) is 0 Å². The molecule has 2 aliphatic heterocycles. The van der Waals surface area contributed by atoms with Gasteiger partial charge >= 0.3 is 0 Å². The maximum atomic E-state index is 12.4. The molecule has 4 heteroatoms. The summed E-state index contributed by atoms with van der Waals surface area (Å²) in [6, 6.07) is 0. The van der Waals surface area contributed by atoms with Crippen LogP contribution in [0.5, 0.6) is 0 Å². The number of ether oxygens (including phenoxy) is 1. The second kappa shape index (κ2) is 3.69. The van der Waals surface area contributed by atoms with E-state index >= 15 is 0 Å². The highest BCUT2D eigenvalue weighted by molar-refractivity contribution is 5.91. The number of nitrogens with one attached hydrogen (secondary N) is 1. The van der Waals surface area contributed by atoms with Crippen LogP contribution in [0.4, 0.5) is 0 Å². The molecule has 3 aliphatic rings. The molecule has 3 rings (SSSR count). The lowest BCUT2D eigenvalue weighted by molar-refractivity contribution is -0.134. The van der Waals surface area contributed by atoms with E-state index in [4.69, 9.17) is 4.74 Å². The number of carbonyl (C=O) groups is 1. The van der Waals surface area contributed by atoms with Crippen molar-refractivity contribution in [1.82, 2.24) is 10.2 Å². The summed E-state index contributed by atoms with van der Waals surface area (Å²) >= 11 is 0. The first kappa shape index (κ1) is 11.5. The molecular weight excluding hydrogens is 216 g/mol. The number of hydrogen-bond acceptors (Lipinski definition) is 3. The highest BCUT2D eigenvalue weighted by atomic mass is 16.5. The van der Waals surface area contributed by atoms with Crippen LogP contribution in [0.15, 0.2) is 0 Å². The van der Waals surface area contributed by atoms with E-state index in [0.717, 1.165) is 45.3 Å². The van der Waals surface area contributed by atoms with Crippen molar-refractivity contribution in [1.29, 1.82) is 0 Å². The Bertz CT molecular complexity index is 332. The molecule has 2 saturated heterocycles. The fraction of sp³-hybridized carbons (Fsp3) is 0.923. The average molecular weight is 238 g/mol. The van der Waals surface area contributed by atoms with E-state index < -0.39 is 0 Å². The largest absolute Gasteiger partial charge is 0.373 e. The van der Waals surface area contributed by atoms with Crippen molar-refractivity contribution in [2.45, 2.75) is 63.3 Å². The Morgan fingerprint density at radius 1 is 1.47 bits per heavy atom. The molecular formula is C13H22N2O2. The van der Waals surface area contributed by atoms with Crippen molar-refractivity contribution >= 4 is 5.91 Å². The van der Waals surface area contributed by atoms with Crippen molar-refractivity contribution in [2.75, 3.05) is 13.2 Å². The summed E-state index contributed by atoms with van der Waals surface area (Å²) in [7, 11) is 0. The molecule has 4 nitrogen and oxygen atoms in total. The van der Waals surface area contributed by atoms with E-state index in [-0.39, 0.29) is 17.3 Å². The Kier molecular flexibility index (Phi) is 2.49. The summed E-state index contributed by atoms with van der Waals surface area (Å²) in [5, 5.41) is 3.50. The Labute approximate surface area is 103 Å². The van der Waals surface area contributed by atoms with Gasteiger partial charge in [-0.3, -0.25) is 10.1 Å². The SMILES string of the molecule is CCC1NC2(CC2)C(=O)N1CC1(C)CCCO1. The summed E-state index contributed by atoms with van der Waals surface area (Å²) in [6.07, 6.45) is 5.40. The van der Waals surface area contributed by atoms with Crippen LogP contribution in [0.25, 0.3) is 0 Å². The van der Waals surface area contributed by atoms with Crippen LogP contribution < -0.4 is 5.32 Å². The van der Waals surface area contributed by atoms with E-state index in [1.54, 1.807) is 0 Å². The van der Waals surface area contributed by atoms with Crippen molar-refractivity contribution < 1.29 is 9.53 Å². The van der Waals surface area contributed by atoms with Gasteiger partial charge in [0.25, 0.3) is 0 Å². The Morgan fingerprint density at radius 2 is 2.24 bits per heavy atom. The van der Waals surface area contributed by atoms with Gasteiger partial charge in [-0.1, -0.05) is 6.92 Å². The van der Waals surface area contributed by atoms with Crippen LogP contribution in [0.1, 0.15) is 46.0 Å². The van der Waals surface area contributed by atoms with Gasteiger partial charge in [0, 0.05) is 6.61 Å². The fourth-order valence-corrected chi connectivity index (χ4v) is 3.18. The average Bonchev–Trinajstić information content (AvgIpc) is 2.91. The number of nitrogens with zero attached hydrogens (tertiary/aromatic N) is 1. The van der Waals surface area contributed by atoms with Gasteiger partial charge in [0.1, 0.15) is 0 Å². The molecule has 0 aromatic rings. The normalized spacial score (nSPS) is 39.3. The van der Waals surface area contributed by atoms with E-state index in [0.29, 0.717) is 5.91 Å². The second-order valence-corrected chi connectivity index (χ2v) is 5.99. The lowest BCUT2D eigenvalue weighted by Gasteiger charge is -2.32. The van der Waals surface area contributed by atoms with E-state index in [1.165, 1.54) is 0 Å². The second-order valence-electron chi connectivity index (χ2n) is 5.99. The molecule has 1 aliphatic carbocycles. The minimum absolute atomic E-state index is 0.120. The highest BCUT2D eigenvalue weighted by Crippen LogP contribution is 2.43. The molecule has 2 heterocycles. The quantitative estimate of drug-likeness (QED) is 0.804. The summed E-state index contributed by atoms with van der Waals surface area (Å²) in [4.78, 5) is 14.4. The zero-order valence-electron chi connectivity index (χ0n) is 10.8. The van der Waals surface area contributed by atoms with Crippen LogP contribution in [-0.2, 0) is 9.53 Å². The fourth-order valence-electron chi connectivity index (χ4n) is 3.18. The van der Waals surface area contributed by atoms with Crippen molar-refractivity contribution in [3.8, 4) is 0 Å². The predicted octanol–water partition coefficient (Wildman–Crippen LogP) is 1.26. The number of amides is 1. The molecule has 0 aromatic heterocycles. The Morgan fingerprint density at radius 3 is 2.76 bits per heavy atom. The van der Waals surface area contributed by atoms with Gasteiger partial charge in [0.05, 0.1) is 23.9 Å². The summed E-state index contributed by atoms with van der Waals surface area (Å²) in [6.45, 7) is 5.86. The van der Waals surface area contributed by atoms with Gasteiger partial charge in [-0.2, -0.15) is 0 Å². The molecule has 1 N–H and O–H groups in total. The maximum Gasteiger partial charge on any atom is 0.244 e. The van der Waals surface area contributed by atoms with Gasteiger partial charge in [0.15, 0.2) is 0 Å². The maximum absolute atomic E-state index is 12.4. The van der Waals surface area contributed by atoms with Crippen LogP contribution in [-0.4, -0.2) is 41.3 Å². The summed E-state index contributed by atoms with van der Waals surface area (Å²) in [5.74, 6) is 0.307. The molecule has 2 unspecified atom stereocenters. The third-order valence-electron chi connectivity index (χ3n) is 4.43. The Balaban J connectivity index is 1.74. The topological polar surface area (TPSA) is 41.6 Å². The molecule has 1 saturated carbocycles. The minimum atomic E-state index is -0.185. The van der Waals surface area contributed by atoms with Crippen LogP contribution in [0.3, 0.4) is 0 Å². The summed E-state index contributed by atoms with van der Waals surface area (Å²) in [5.41, 5.74) is -0.305. The molecule has 2 atom stereocenters. The van der Waals surface area contributed by atoms with E-state index in [9.17, 15) is 4.79 Å². The predicted molar refractivity (Wildman–Crippen MR) is 64.5 cm³/mol. The molecule has 0 bridgehead atoms. The highest BCUT2D eigenvalue weighted by Gasteiger charge is 2.59. The lowest BCUT2D eigenvalue weighted by Crippen LogP contribution is -2.46. The molecule has 17 heavy (non-hydrogen) atoms. The number of rotatable bonds is 3. The van der Waals surface area contributed by atoms with E-state index in [1.807, 2.05) is 4.90 Å². The van der Waals surface area contributed by atoms with Crippen LogP contribution in [0.2, 0.25) is 0 Å². The molecule has 3 fully saturated rings. The first-order valence-corrected chi connectivity index (χ1v) is 6.81. The van der Waals surface area contributed by atoms with Crippen molar-refractivity contribution in [3.63, 3.8) is 0 Å². The van der Waals surface area contributed by atoms with Gasteiger partial charge in [-0.25, -0.2) is 0 Å². The van der Waals surface area contributed by atoms with Crippen molar-refractivity contribution in [3.05, 3.63) is 0 Å².